The van der Waals surface area contributed by atoms with E-state index in [-0.39, 0.29) is 6.10 Å². The molecule has 0 radical (unpaired) electrons. The standard InChI is InChI=1S/C24H26O/c1-2-24(23-14-7-4-8-15-23)25-19-22-13-9-12-21(18-22)17-16-20-10-5-3-6-11-20/h3-15,18,24H,2,16-17,19H2,1H3/t24-/m1/s1. The highest BCUT2D eigenvalue weighted by atomic mass is 16.5. The van der Waals surface area contributed by atoms with Gasteiger partial charge in [0.05, 0.1) is 12.7 Å². The Morgan fingerprint density at radius 3 is 2.00 bits per heavy atom. The summed E-state index contributed by atoms with van der Waals surface area (Å²) in [5.74, 6) is 0. The van der Waals surface area contributed by atoms with Gasteiger partial charge in [-0.1, -0.05) is 91.9 Å². The lowest BCUT2D eigenvalue weighted by Gasteiger charge is -2.17. The van der Waals surface area contributed by atoms with E-state index in [2.05, 4.69) is 85.8 Å². The van der Waals surface area contributed by atoms with Gasteiger partial charge in [0.1, 0.15) is 0 Å². The molecule has 0 fully saturated rings. The van der Waals surface area contributed by atoms with Crippen LogP contribution < -0.4 is 0 Å². The first-order chi connectivity index (χ1) is 12.3. The average molecular weight is 330 g/mol. The smallest absolute Gasteiger partial charge is 0.0826 e. The van der Waals surface area contributed by atoms with Gasteiger partial charge in [-0.3, -0.25) is 0 Å². The molecule has 25 heavy (non-hydrogen) atoms. The number of aryl methyl sites for hydroxylation is 2. The normalized spacial score (nSPS) is 12.0. The van der Waals surface area contributed by atoms with Crippen LogP contribution in [0.3, 0.4) is 0 Å². The molecular weight excluding hydrogens is 304 g/mol. The van der Waals surface area contributed by atoms with E-state index in [1.165, 1.54) is 22.3 Å². The minimum absolute atomic E-state index is 0.161. The van der Waals surface area contributed by atoms with Crippen LogP contribution in [0.25, 0.3) is 0 Å². The van der Waals surface area contributed by atoms with Gasteiger partial charge in [-0.2, -0.15) is 0 Å². The average Bonchev–Trinajstić information content (AvgIpc) is 2.69. The molecule has 1 atom stereocenters. The minimum Gasteiger partial charge on any atom is -0.369 e. The van der Waals surface area contributed by atoms with E-state index in [0.717, 1.165) is 19.3 Å². The summed E-state index contributed by atoms with van der Waals surface area (Å²) in [4.78, 5) is 0. The van der Waals surface area contributed by atoms with Crippen LogP contribution in [0.2, 0.25) is 0 Å². The zero-order chi connectivity index (χ0) is 17.3. The first-order valence-electron chi connectivity index (χ1n) is 9.13. The van der Waals surface area contributed by atoms with Crippen molar-refractivity contribution in [3.63, 3.8) is 0 Å². The molecule has 0 unspecified atom stereocenters. The van der Waals surface area contributed by atoms with Crippen molar-refractivity contribution in [3.8, 4) is 0 Å². The molecule has 0 bridgehead atoms. The fraction of sp³-hybridized carbons (Fsp3) is 0.250. The third kappa shape index (κ3) is 5.30. The van der Waals surface area contributed by atoms with Crippen molar-refractivity contribution in [2.75, 3.05) is 0 Å². The van der Waals surface area contributed by atoms with Gasteiger partial charge < -0.3 is 4.74 Å². The molecular formula is C24H26O. The van der Waals surface area contributed by atoms with E-state index in [9.17, 15) is 0 Å². The maximum atomic E-state index is 6.18. The summed E-state index contributed by atoms with van der Waals surface area (Å²) in [6, 6.07) is 29.9. The summed E-state index contributed by atoms with van der Waals surface area (Å²) in [5, 5.41) is 0. The number of hydrogen-bond acceptors (Lipinski definition) is 1. The molecule has 0 N–H and O–H groups in total. The summed E-state index contributed by atoms with van der Waals surface area (Å²) in [7, 11) is 0. The van der Waals surface area contributed by atoms with E-state index in [0.29, 0.717) is 6.61 Å². The molecule has 128 valence electrons. The lowest BCUT2D eigenvalue weighted by atomic mass is 10.0. The van der Waals surface area contributed by atoms with E-state index < -0.39 is 0 Å². The van der Waals surface area contributed by atoms with Crippen LogP contribution in [-0.4, -0.2) is 0 Å². The quantitative estimate of drug-likeness (QED) is 0.482. The Balaban J connectivity index is 1.58. The Bertz CT molecular complexity index is 749. The topological polar surface area (TPSA) is 9.23 Å². The molecule has 0 aliphatic heterocycles. The van der Waals surface area contributed by atoms with E-state index in [4.69, 9.17) is 4.74 Å². The van der Waals surface area contributed by atoms with Crippen LogP contribution in [0.4, 0.5) is 0 Å². The fourth-order valence-electron chi connectivity index (χ4n) is 3.12. The fourth-order valence-corrected chi connectivity index (χ4v) is 3.12. The molecule has 0 aliphatic carbocycles. The first kappa shape index (κ1) is 17.4. The highest BCUT2D eigenvalue weighted by molar-refractivity contribution is 5.25. The second-order valence-electron chi connectivity index (χ2n) is 6.42. The van der Waals surface area contributed by atoms with Gasteiger partial charge in [0.15, 0.2) is 0 Å². The van der Waals surface area contributed by atoms with Gasteiger partial charge in [0, 0.05) is 0 Å². The first-order valence-corrected chi connectivity index (χ1v) is 9.13. The number of ether oxygens (including phenoxy) is 1. The molecule has 0 amide bonds. The van der Waals surface area contributed by atoms with Crippen molar-refractivity contribution < 1.29 is 4.74 Å². The van der Waals surface area contributed by atoms with Gasteiger partial charge in [-0.25, -0.2) is 0 Å². The molecule has 0 saturated heterocycles. The molecule has 0 aliphatic rings. The van der Waals surface area contributed by atoms with Crippen molar-refractivity contribution in [3.05, 3.63) is 107 Å². The van der Waals surface area contributed by atoms with Crippen molar-refractivity contribution in [1.82, 2.24) is 0 Å². The number of rotatable bonds is 8. The molecule has 1 nitrogen and oxygen atoms in total. The van der Waals surface area contributed by atoms with Gasteiger partial charge >= 0.3 is 0 Å². The van der Waals surface area contributed by atoms with Crippen LogP contribution in [0.1, 0.15) is 41.7 Å². The molecule has 0 spiro atoms. The van der Waals surface area contributed by atoms with Crippen molar-refractivity contribution in [2.24, 2.45) is 0 Å². The van der Waals surface area contributed by atoms with Gasteiger partial charge in [-0.05, 0) is 41.5 Å². The Morgan fingerprint density at radius 1 is 0.680 bits per heavy atom. The van der Waals surface area contributed by atoms with Crippen LogP contribution in [-0.2, 0) is 24.2 Å². The number of hydrogen-bond donors (Lipinski definition) is 0. The van der Waals surface area contributed by atoms with Crippen molar-refractivity contribution in [1.29, 1.82) is 0 Å². The third-order valence-electron chi connectivity index (χ3n) is 4.53. The summed E-state index contributed by atoms with van der Waals surface area (Å²) >= 11 is 0. The van der Waals surface area contributed by atoms with Crippen LogP contribution in [0, 0.1) is 0 Å². The SMILES string of the molecule is CC[C@@H](OCc1cccc(CCc2ccccc2)c1)c1ccccc1. The molecule has 0 aromatic heterocycles. The lowest BCUT2D eigenvalue weighted by Crippen LogP contribution is -2.03. The number of benzene rings is 3. The molecule has 3 aromatic carbocycles. The van der Waals surface area contributed by atoms with Crippen LogP contribution in [0.5, 0.6) is 0 Å². The van der Waals surface area contributed by atoms with Gasteiger partial charge in [0.25, 0.3) is 0 Å². The second-order valence-corrected chi connectivity index (χ2v) is 6.42. The zero-order valence-electron chi connectivity index (χ0n) is 14.9. The maximum Gasteiger partial charge on any atom is 0.0826 e. The molecule has 3 rings (SSSR count). The Kier molecular flexibility index (Phi) is 6.42. The van der Waals surface area contributed by atoms with E-state index in [1.807, 2.05) is 6.07 Å². The Labute approximate surface area is 151 Å². The Morgan fingerprint density at radius 2 is 1.28 bits per heavy atom. The van der Waals surface area contributed by atoms with Crippen molar-refractivity contribution >= 4 is 0 Å². The molecule has 0 heterocycles. The van der Waals surface area contributed by atoms with Gasteiger partial charge in [-0.15, -0.1) is 0 Å². The molecule has 3 aromatic rings. The largest absolute Gasteiger partial charge is 0.369 e. The van der Waals surface area contributed by atoms with Crippen LogP contribution >= 0.6 is 0 Å². The predicted octanol–water partition coefficient (Wildman–Crippen LogP) is 6.14. The maximum absolute atomic E-state index is 6.18. The predicted molar refractivity (Wildman–Crippen MR) is 105 cm³/mol. The van der Waals surface area contributed by atoms with Crippen LogP contribution in [0.15, 0.2) is 84.9 Å². The highest BCUT2D eigenvalue weighted by Crippen LogP contribution is 2.22. The monoisotopic (exact) mass is 330 g/mol. The highest BCUT2D eigenvalue weighted by Gasteiger charge is 2.09. The van der Waals surface area contributed by atoms with Crippen molar-refractivity contribution in [2.45, 2.75) is 38.9 Å². The minimum atomic E-state index is 0.161. The second kappa shape index (κ2) is 9.19. The lowest BCUT2D eigenvalue weighted by molar-refractivity contribution is 0.0371. The van der Waals surface area contributed by atoms with Gasteiger partial charge in [0.2, 0.25) is 0 Å². The third-order valence-corrected chi connectivity index (χ3v) is 4.53. The summed E-state index contributed by atoms with van der Waals surface area (Å²) < 4.78 is 6.18. The molecule has 1 heteroatoms. The summed E-state index contributed by atoms with van der Waals surface area (Å²) in [6.45, 7) is 2.83. The summed E-state index contributed by atoms with van der Waals surface area (Å²) in [5.41, 5.74) is 5.27. The van der Waals surface area contributed by atoms with E-state index in [1.54, 1.807) is 0 Å². The van der Waals surface area contributed by atoms with E-state index >= 15 is 0 Å². The zero-order valence-corrected chi connectivity index (χ0v) is 14.9. The molecule has 0 saturated carbocycles. The Hall–Kier alpha value is -2.38. The summed E-state index contributed by atoms with van der Waals surface area (Å²) in [6.07, 6.45) is 3.28.